The topological polar surface area (TPSA) is 52.6 Å². The van der Waals surface area contributed by atoms with Gasteiger partial charge in [0, 0.05) is 0 Å². The molecule has 3 aromatic rings. The number of hydrogen-bond donors (Lipinski definition) is 0. The fourth-order valence-electron chi connectivity index (χ4n) is 2.43. The fraction of sp³-hybridized carbons (Fsp3) is 0.0909. The van der Waals surface area contributed by atoms with Crippen LogP contribution >= 0.6 is 0 Å². The van der Waals surface area contributed by atoms with Crippen molar-refractivity contribution in [2.75, 3.05) is 0 Å². The molecule has 0 aliphatic rings. The molecule has 4 nitrogen and oxygen atoms in total. The Kier molecular flexibility index (Phi) is 5.44. The smallest absolute Gasteiger partial charge is 0.343 e. The van der Waals surface area contributed by atoms with Gasteiger partial charge in [-0.25, -0.2) is 9.59 Å². The molecule has 26 heavy (non-hydrogen) atoms. The molecule has 0 bridgehead atoms. The molecule has 0 atom stereocenters. The predicted octanol–water partition coefficient (Wildman–Crippen LogP) is 4.57. The summed E-state index contributed by atoms with van der Waals surface area (Å²) in [6, 6.07) is 22.8. The summed E-state index contributed by atoms with van der Waals surface area (Å²) >= 11 is 0. The minimum atomic E-state index is -0.476. The van der Waals surface area contributed by atoms with E-state index in [4.69, 9.17) is 9.47 Å². The number of ether oxygens (including phenoxy) is 2. The lowest BCUT2D eigenvalue weighted by Crippen LogP contribution is -2.10. The molecule has 3 rings (SSSR count). The van der Waals surface area contributed by atoms with Crippen LogP contribution in [0.5, 0.6) is 5.75 Å². The molecule has 0 amide bonds. The molecule has 130 valence electrons. The zero-order valence-electron chi connectivity index (χ0n) is 14.3. The first-order valence-corrected chi connectivity index (χ1v) is 8.22. The average molecular weight is 346 g/mol. The summed E-state index contributed by atoms with van der Waals surface area (Å²) in [5.41, 5.74) is 2.79. The number of rotatable bonds is 5. The average Bonchev–Trinajstić information content (AvgIpc) is 2.67. The zero-order valence-corrected chi connectivity index (χ0v) is 14.3. The molecule has 0 aliphatic carbocycles. The summed E-state index contributed by atoms with van der Waals surface area (Å²) in [6.45, 7) is 2.19. The molecule has 0 aliphatic heterocycles. The summed E-state index contributed by atoms with van der Waals surface area (Å²) < 4.78 is 10.6. The lowest BCUT2D eigenvalue weighted by molar-refractivity contribution is 0.0472. The number of benzene rings is 3. The molecule has 0 saturated carbocycles. The van der Waals surface area contributed by atoms with E-state index in [1.165, 1.54) is 0 Å². The number of hydrogen-bond acceptors (Lipinski definition) is 4. The second-order valence-corrected chi connectivity index (χ2v) is 5.85. The summed E-state index contributed by atoms with van der Waals surface area (Å²) in [7, 11) is 0. The van der Waals surface area contributed by atoms with Gasteiger partial charge in [-0.05, 0) is 48.9 Å². The molecule has 0 saturated heterocycles. The molecule has 4 heteroatoms. The second-order valence-electron chi connectivity index (χ2n) is 5.85. The van der Waals surface area contributed by atoms with Crippen LogP contribution in [0.15, 0.2) is 78.9 Å². The first-order chi connectivity index (χ1) is 12.6. The third-order valence-electron chi connectivity index (χ3n) is 3.76. The van der Waals surface area contributed by atoms with E-state index in [9.17, 15) is 9.59 Å². The van der Waals surface area contributed by atoms with Gasteiger partial charge in [-0.2, -0.15) is 0 Å². The highest BCUT2D eigenvalue weighted by atomic mass is 16.5. The summed E-state index contributed by atoms with van der Waals surface area (Å²) in [5, 5.41) is 0. The van der Waals surface area contributed by atoms with E-state index in [2.05, 4.69) is 0 Å². The van der Waals surface area contributed by atoms with Gasteiger partial charge in [0.15, 0.2) is 0 Å². The number of esters is 2. The zero-order chi connectivity index (χ0) is 18.4. The van der Waals surface area contributed by atoms with Crippen molar-refractivity contribution in [2.45, 2.75) is 13.5 Å². The molecule has 0 radical (unpaired) electrons. The van der Waals surface area contributed by atoms with Crippen molar-refractivity contribution in [2.24, 2.45) is 0 Å². The van der Waals surface area contributed by atoms with Gasteiger partial charge in [0.2, 0.25) is 0 Å². The second kappa shape index (κ2) is 8.12. The van der Waals surface area contributed by atoms with Crippen LogP contribution in [-0.4, -0.2) is 11.9 Å². The van der Waals surface area contributed by atoms with Gasteiger partial charge in [0.25, 0.3) is 0 Å². The van der Waals surface area contributed by atoms with Crippen LogP contribution < -0.4 is 4.74 Å². The van der Waals surface area contributed by atoms with Crippen LogP contribution in [0.3, 0.4) is 0 Å². The molecule has 0 heterocycles. The van der Waals surface area contributed by atoms with E-state index in [1.807, 2.05) is 37.3 Å². The highest BCUT2D eigenvalue weighted by Crippen LogP contribution is 2.13. The van der Waals surface area contributed by atoms with Crippen LogP contribution in [0.4, 0.5) is 0 Å². The standard InChI is InChI=1S/C22H18O4/c1-16-6-5-7-17(14-16)15-25-21(23)18-10-12-19(13-11-18)22(24)26-20-8-3-2-4-9-20/h2-14H,15H2,1H3. The maximum absolute atomic E-state index is 12.1. The minimum absolute atomic E-state index is 0.207. The molecule has 0 unspecified atom stereocenters. The summed E-state index contributed by atoms with van der Waals surface area (Å²) in [4.78, 5) is 24.2. The van der Waals surface area contributed by atoms with Crippen LogP contribution in [0, 0.1) is 6.92 Å². The van der Waals surface area contributed by atoms with Crippen LogP contribution in [0.1, 0.15) is 31.8 Å². The van der Waals surface area contributed by atoms with Crippen molar-refractivity contribution < 1.29 is 19.1 Å². The Balaban J connectivity index is 1.59. The Morgan fingerprint density at radius 1 is 0.769 bits per heavy atom. The van der Waals surface area contributed by atoms with Crippen LogP contribution in [0.25, 0.3) is 0 Å². The number of aryl methyl sites for hydroxylation is 1. The van der Waals surface area contributed by atoms with Gasteiger partial charge in [0.05, 0.1) is 11.1 Å². The van der Waals surface area contributed by atoms with Gasteiger partial charge < -0.3 is 9.47 Å². The van der Waals surface area contributed by atoms with Gasteiger partial charge in [0.1, 0.15) is 12.4 Å². The minimum Gasteiger partial charge on any atom is -0.457 e. The third-order valence-corrected chi connectivity index (χ3v) is 3.76. The largest absolute Gasteiger partial charge is 0.457 e. The van der Waals surface area contributed by atoms with Crippen molar-refractivity contribution in [1.29, 1.82) is 0 Å². The van der Waals surface area contributed by atoms with Gasteiger partial charge in [-0.1, -0.05) is 48.0 Å². The lowest BCUT2D eigenvalue weighted by atomic mass is 10.1. The molecule has 0 spiro atoms. The SMILES string of the molecule is Cc1cccc(COC(=O)c2ccc(C(=O)Oc3ccccc3)cc2)c1. The molecule has 0 aromatic heterocycles. The predicted molar refractivity (Wildman–Crippen MR) is 98.1 cm³/mol. The van der Waals surface area contributed by atoms with E-state index in [1.54, 1.807) is 48.5 Å². The van der Waals surface area contributed by atoms with E-state index in [0.29, 0.717) is 16.9 Å². The first-order valence-electron chi connectivity index (χ1n) is 8.22. The van der Waals surface area contributed by atoms with E-state index in [-0.39, 0.29) is 6.61 Å². The lowest BCUT2D eigenvalue weighted by Gasteiger charge is -2.07. The van der Waals surface area contributed by atoms with Crippen molar-refractivity contribution >= 4 is 11.9 Å². The number of para-hydroxylation sites is 1. The molecule has 0 N–H and O–H groups in total. The maximum atomic E-state index is 12.1. The maximum Gasteiger partial charge on any atom is 0.343 e. The first kappa shape index (κ1) is 17.4. The van der Waals surface area contributed by atoms with E-state index < -0.39 is 11.9 Å². The van der Waals surface area contributed by atoms with Crippen molar-refractivity contribution in [3.05, 3.63) is 101 Å². The van der Waals surface area contributed by atoms with Crippen molar-refractivity contribution in [3.63, 3.8) is 0 Å². The highest BCUT2D eigenvalue weighted by molar-refractivity contribution is 5.94. The number of carbonyl (C=O) groups excluding carboxylic acids is 2. The summed E-state index contributed by atoms with van der Waals surface area (Å²) in [6.07, 6.45) is 0. The molecule has 3 aromatic carbocycles. The monoisotopic (exact) mass is 346 g/mol. The Bertz CT molecular complexity index is 899. The van der Waals surface area contributed by atoms with Crippen molar-refractivity contribution in [3.8, 4) is 5.75 Å². The van der Waals surface area contributed by atoms with Gasteiger partial charge in [-0.3, -0.25) is 0 Å². The highest BCUT2D eigenvalue weighted by Gasteiger charge is 2.12. The Hall–Kier alpha value is -3.40. The molecular weight excluding hydrogens is 328 g/mol. The van der Waals surface area contributed by atoms with Crippen molar-refractivity contribution in [1.82, 2.24) is 0 Å². The summed E-state index contributed by atoms with van der Waals surface area (Å²) in [5.74, 6) is -0.440. The Labute approximate surface area is 152 Å². The van der Waals surface area contributed by atoms with Crippen LogP contribution in [-0.2, 0) is 11.3 Å². The normalized spacial score (nSPS) is 10.2. The van der Waals surface area contributed by atoms with Gasteiger partial charge in [-0.15, -0.1) is 0 Å². The Morgan fingerprint density at radius 2 is 1.42 bits per heavy atom. The van der Waals surface area contributed by atoms with E-state index in [0.717, 1.165) is 11.1 Å². The van der Waals surface area contributed by atoms with Crippen LogP contribution in [0.2, 0.25) is 0 Å². The number of carbonyl (C=O) groups is 2. The molecule has 0 fully saturated rings. The van der Waals surface area contributed by atoms with E-state index >= 15 is 0 Å². The third kappa shape index (κ3) is 4.57. The van der Waals surface area contributed by atoms with Gasteiger partial charge >= 0.3 is 11.9 Å². The molecular formula is C22H18O4. The fourth-order valence-corrected chi connectivity index (χ4v) is 2.43. The quantitative estimate of drug-likeness (QED) is 0.501. The Morgan fingerprint density at radius 3 is 2.08 bits per heavy atom.